The van der Waals surface area contributed by atoms with E-state index in [0.29, 0.717) is 16.8 Å². The van der Waals surface area contributed by atoms with Gasteiger partial charge < -0.3 is 0 Å². The molecule has 1 aliphatic heterocycles. The van der Waals surface area contributed by atoms with E-state index in [9.17, 15) is 0 Å². The second-order valence-corrected chi connectivity index (χ2v) is 14.1. The minimum absolute atomic E-state index is 0.573. The highest BCUT2D eigenvalue weighted by Gasteiger charge is 2.31. The van der Waals surface area contributed by atoms with Crippen molar-refractivity contribution < 1.29 is 0 Å². The Kier molecular flexibility index (Phi) is 5.47. The smallest absolute Gasteiger partial charge is 0.121 e. The van der Waals surface area contributed by atoms with E-state index >= 15 is 0 Å². The summed E-state index contributed by atoms with van der Waals surface area (Å²) in [6, 6.07) is 8.82. The van der Waals surface area contributed by atoms with Crippen LogP contribution in [-0.2, 0) is 22.7 Å². The lowest BCUT2D eigenvalue weighted by atomic mass is 10.0. The lowest BCUT2D eigenvalue weighted by molar-refractivity contribution is 0.510. The Bertz CT molecular complexity index is 464. The van der Waals surface area contributed by atoms with Gasteiger partial charge in [0.15, 0.2) is 0 Å². The first-order chi connectivity index (χ1) is 8.91. The van der Waals surface area contributed by atoms with Gasteiger partial charge in [-0.1, -0.05) is 49.9 Å². The van der Waals surface area contributed by atoms with Crippen molar-refractivity contribution in [3.63, 3.8) is 0 Å². The van der Waals surface area contributed by atoms with Gasteiger partial charge in [-0.2, -0.15) is 0 Å². The van der Waals surface area contributed by atoms with Crippen LogP contribution in [0.15, 0.2) is 24.3 Å². The van der Waals surface area contributed by atoms with Crippen LogP contribution in [0.1, 0.15) is 25.3 Å². The van der Waals surface area contributed by atoms with Crippen LogP contribution in [0.4, 0.5) is 0 Å². The van der Waals surface area contributed by atoms with E-state index in [4.69, 9.17) is 24.1 Å². The summed E-state index contributed by atoms with van der Waals surface area (Å²) >= 11 is 10.8. The third kappa shape index (κ3) is 3.79. The molecule has 0 bridgehead atoms. The first-order valence-corrected chi connectivity index (χ1v) is 12.6. The van der Waals surface area contributed by atoms with Gasteiger partial charge in [-0.3, -0.25) is 4.67 Å². The Morgan fingerprint density at radius 1 is 1.21 bits per heavy atom. The van der Waals surface area contributed by atoms with Crippen LogP contribution in [-0.4, -0.2) is 35.5 Å². The maximum Gasteiger partial charge on any atom is 0.121 e. The van der Waals surface area contributed by atoms with Crippen LogP contribution in [0.2, 0.25) is 0 Å². The Hall–Kier alpha value is 0.530. The van der Waals surface area contributed by atoms with Crippen LogP contribution in [0.25, 0.3) is 0 Å². The molecule has 0 aromatic heterocycles. The van der Waals surface area contributed by atoms with E-state index in [0.717, 1.165) is 13.1 Å². The van der Waals surface area contributed by atoms with Crippen molar-refractivity contribution in [1.82, 2.24) is 4.67 Å². The zero-order chi connectivity index (χ0) is 14.0. The van der Waals surface area contributed by atoms with Crippen LogP contribution >= 0.6 is 17.6 Å². The summed E-state index contributed by atoms with van der Waals surface area (Å²) in [5.41, 5.74) is 1.38. The lowest BCUT2D eigenvalue weighted by Crippen LogP contribution is -2.38. The Balaban J connectivity index is 2.17. The molecular formula is C14H23NPS3+. The molecule has 0 N–H and O–H groups in total. The average Bonchev–Trinajstić information content (AvgIpc) is 2.39. The molecule has 1 unspecified atom stereocenters. The third-order valence-electron chi connectivity index (χ3n) is 3.68. The average molecular weight is 333 g/mol. The fraction of sp³-hybridized carbons (Fsp3) is 0.571. The molecule has 0 saturated carbocycles. The number of nitrogens with zero attached hydrogens (tertiary/aromatic N) is 1. The normalized spacial score (nSPS) is 21.5. The monoisotopic (exact) mass is 332 g/mol. The molecular weight excluding hydrogens is 309 g/mol. The van der Waals surface area contributed by atoms with Gasteiger partial charge in [0.2, 0.25) is 0 Å². The summed E-state index contributed by atoms with van der Waals surface area (Å²) in [7, 11) is 0.584. The van der Waals surface area contributed by atoms with Gasteiger partial charge in [-0.05, 0) is 22.4 Å². The third-order valence-corrected chi connectivity index (χ3v) is 10.3. The number of rotatable bonds is 3. The van der Waals surface area contributed by atoms with Crippen LogP contribution in [0.5, 0.6) is 0 Å². The molecule has 0 amide bonds. The molecule has 1 aliphatic rings. The fourth-order valence-corrected chi connectivity index (χ4v) is 7.16. The van der Waals surface area contributed by atoms with Crippen molar-refractivity contribution in [1.29, 1.82) is 0 Å². The highest BCUT2D eigenvalue weighted by Crippen LogP contribution is 2.53. The van der Waals surface area contributed by atoms with Crippen molar-refractivity contribution >= 4 is 45.6 Å². The molecule has 19 heavy (non-hydrogen) atoms. The maximum absolute atomic E-state index is 5.88. The molecule has 1 atom stereocenters. The minimum Gasteiger partial charge on any atom is -0.255 e. The number of benzene rings is 1. The van der Waals surface area contributed by atoms with E-state index in [2.05, 4.69) is 49.0 Å². The molecule has 5 heteroatoms. The summed E-state index contributed by atoms with van der Waals surface area (Å²) in [6.45, 7) is 6.68. The predicted octanol–water partition coefficient (Wildman–Crippen LogP) is 3.24. The Labute approximate surface area is 130 Å². The molecule has 0 radical (unpaired) electrons. The summed E-state index contributed by atoms with van der Waals surface area (Å²) < 4.78 is 2.45. The summed E-state index contributed by atoms with van der Waals surface area (Å²) in [6.07, 6.45) is 2.36. The van der Waals surface area contributed by atoms with E-state index in [1.807, 2.05) is 0 Å². The summed E-state index contributed by atoms with van der Waals surface area (Å²) in [5.74, 6) is 3.13. The Morgan fingerprint density at radius 2 is 1.74 bits per heavy atom. The van der Waals surface area contributed by atoms with Crippen molar-refractivity contribution in [3.05, 3.63) is 29.8 Å². The zero-order valence-corrected chi connectivity index (χ0v) is 15.3. The van der Waals surface area contributed by atoms with E-state index in [1.54, 1.807) is 0 Å². The van der Waals surface area contributed by atoms with Gasteiger partial charge in [0.05, 0.1) is 11.6 Å². The second-order valence-electron chi connectivity index (χ2n) is 5.43. The van der Waals surface area contributed by atoms with Crippen molar-refractivity contribution in [3.8, 4) is 0 Å². The molecule has 1 saturated heterocycles. The van der Waals surface area contributed by atoms with Gasteiger partial charge in [0.25, 0.3) is 0 Å². The fourth-order valence-electron chi connectivity index (χ4n) is 2.22. The highest BCUT2D eigenvalue weighted by molar-refractivity contribution is 8.65. The molecule has 1 nitrogen and oxygen atoms in total. The predicted molar refractivity (Wildman–Crippen MR) is 98.0 cm³/mol. The molecule has 1 aromatic rings. The van der Waals surface area contributed by atoms with Gasteiger partial charge in [-0.25, -0.2) is 0 Å². The summed E-state index contributed by atoms with van der Waals surface area (Å²) in [5, 5.41) is -0.588. The molecule has 1 fully saturated rings. The van der Waals surface area contributed by atoms with Crippen LogP contribution in [0, 0.1) is 0 Å². The first-order valence-electron chi connectivity index (χ1n) is 6.69. The Morgan fingerprint density at radius 3 is 2.21 bits per heavy atom. The molecule has 1 heterocycles. The van der Waals surface area contributed by atoms with E-state index in [-0.39, 0.29) is 0 Å². The quantitative estimate of drug-likeness (QED) is 0.514. The molecule has 2 rings (SSSR count). The lowest BCUT2D eigenvalue weighted by Gasteiger charge is -2.33. The second kappa shape index (κ2) is 6.53. The van der Waals surface area contributed by atoms with Gasteiger partial charge in [0.1, 0.15) is 11.5 Å². The minimum atomic E-state index is -1.83. The van der Waals surface area contributed by atoms with Crippen LogP contribution < -0.4 is 5.30 Å². The van der Waals surface area contributed by atoms with E-state index < -0.39 is 5.39 Å². The van der Waals surface area contributed by atoms with Crippen LogP contribution in [0.3, 0.4) is 0 Å². The molecule has 0 aliphatic carbocycles. The maximum atomic E-state index is 5.88. The van der Waals surface area contributed by atoms with Crippen molar-refractivity contribution in [2.24, 2.45) is 0 Å². The molecule has 0 spiro atoms. The van der Waals surface area contributed by atoms with Crippen molar-refractivity contribution in [2.75, 3.05) is 30.9 Å². The number of thiol groups is 1. The number of hydrogen-bond acceptors (Lipinski definition) is 1. The van der Waals surface area contributed by atoms with E-state index in [1.165, 1.54) is 22.4 Å². The zero-order valence-electron chi connectivity index (χ0n) is 11.9. The first kappa shape index (κ1) is 15.9. The topological polar surface area (TPSA) is 3.24 Å². The van der Waals surface area contributed by atoms with Gasteiger partial charge >= 0.3 is 0 Å². The van der Waals surface area contributed by atoms with Gasteiger partial charge in [-0.15, -0.1) is 12.2 Å². The molecule has 1 aromatic carbocycles. The van der Waals surface area contributed by atoms with Crippen molar-refractivity contribution in [2.45, 2.75) is 19.8 Å². The SMILES string of the molecule is CC(C)c1ccc(P(=S)(S)N2CC[S+](C)CC2)cc1. The molecule has 106 valence electrons. The largest absolute Gasteiger partial charge is 0.255 e. The highest BCUT2D eigenvalue weighted by atomic mass is 32.9. The van der Waals surface area contributed by atoms with Gasteiger partial charge in [0, 0.05) is 18.4 Å². The number of hydrogen-bond donors (Lipinski definition) is 1. The summed E-state index contributed by atoms with van der Waals surface area (Å²) in [4.78, 5) is 0. The standard InChI is InChI=1S/C14H22NPS3/c1-12(2)13-4-6-14(7-5-13)16(17,18)15-8-10-19(3)11-9-15/h4-7,12H,8-11H2,1-3H3/p+1.